The monoisotopic (exact) mass is 747 g/mol. The molecule has 0 aliphatic heterocycles. The van der Waals surface area contributed by atoms with Crippen LogP contribution in [0.4, 0.5) is 0 Å². The number of phenols is 1. The molecule has 0 bridgehead atoms. The maximum atomic E-state index is 12.3. The van der Waals surface area contributed by atoms with Crippen LogP contribution in [0.2, 0.25) is 0 Å². The van der Waals surface area contributed by atoms with Crippen LogP contribution in [-0.2, 0) is 37.7 Å². The number of amides is 1. The van der Waals surface area contributed by atoms with Gasteiger partial charge in [0.1, 0.15) is 17.1 Å². The molecule has 1 atom stereocenters. The summed E-state index contributed by atoms with van der Waals surface area (Å²) >= 11 is 0. The highest BCUT2D eigenvalue weighted by Gasteiger charge is 2.39. The predicted octanol–water partition coefficient (Wildman–Crippen LogP) is 8.94. The Hall–Kier alpha value is -5.44. The molecular weight excluding hydrogens is 695 g/mol. The lowest BCUT2D eigenvalue weighted by atomic mass is 9.62. The molecule has 9 nitrogen and oxygen atoms in total. The number of carboxylic acid groups (broad SMARTS) is 2. The zero-order valence-electron chi connectivity index (χ0n) is 33.1. The van der Waals surface area contributed by atoms with Crippen molar-refractivity contribution in [3.8, 4) is 11.5 Å². The third kappa shape index (κ3) is 8.77. The highest BCUT2D eigenvalue weighted by molar-refractivity contribution is 5.91. The van der Waals surface area contributed by atoms with E-state index in [0.717, 1.165) is 42.9 Å². The number of aromatic hydroxyl groups is 1. The van der Waals surface area contributed by atoms with Gasteiger partial charge in [0, 0.05) is 6.07 Å². The fourth-order valence-electron chi connectivity index (χ4n) is 7.96. The topological polar surface area (TPSA) is 164 Å². The molecule has 4 aromatic rings. The molecule has 1 unspecified atom stereocenters. The number of carbonyl (C=O) groups excluding carboxylic acids is 2. The second-order valence-electron chi connectivity index (χ2n) is 17.6. The zero-order valence-corrected chi connectivity index (χ0v) is 33.1. The van der Waals surface area contributed by atoms with Gasteiger partial charge in [-0.1, -0.05) is 104 Å². The van der Waals surface area contributed by atoms with Gasteiger partial charge < -0.3 is 25.8 Å². The van der Waals surface area contributed by atoms with Crippen molar-refractivity contribution in [2.24, 2.45) is 5.73 Å². The van der Waals surface area contributed by atoms with Gasteiger partial charge in [-0.2, -0.15) is 0 Å². The maximum absolute atomic E-state index is 12.3. The number of fused-ring (bicyclic) bond motifs is 2. The number of benzene rings is 4. The molecule has 6 rings (SSSR count). The number of nitrogens with two attached hydrogens (primary N) is 1. The van der Waals surface area contributed by atoms with Crippen LogP contribution in [0.1, 0.15) is 147 Å². The summed E-state index contributed by atoms with van der Waals surface area (Å²) in [5.74, 6) is -4.05. The van der Waals surface area contributed by atoms with Gasteiger partial charge in [-0.3, -0.25) is 9.59 Å². The van der Waals surface area contributed by atoms with E-state index in [1.807, 2.05) is 12.1 Å². The number of rotatable bonds is 8. The number of ether oxygens (including phenoxy) is 1. The summed E-state index contributed by atoms with van der Waals surface area (Å²) < 4.78 is 5.28. The van der Waals surface area contributed by atoms with Gasteiger partial charge in [0.05, 0.1) is 17.9 Å². The second kappa shape index (κ2) is 15.0. The number of primary amides is 1. The highest BCUT2D eigenvalue weighted by Crippen LogP contribution is 2.47. The van der Waals surface area contributed by atoms with Gasteiger partial charge in [-0.05, 0) is 111 Å². The van der Waals surface area contributed by atoms with Gasteiger partial charge >= 0.3 is 17.9 Å². The largest absolute Gasteiger partial charge is 0.507 e. The van der Waals surface area contributed by atoms with Crippen molar-refractivity contribution in [1.82, 2.24) is 0 Å². The van der Waals surface area contributed by atoms with Crippen molar-refractivity contribution in [1.29, 1.82) is 0 Å². The summed E-state index contributed by atoms with van der Waals surface area (Å²) in [7, 11) is 0. The summed E-state index contributed by atoms with van der Waals surface area (Å²) in [6.07, 6.45) is 4.54. The van der Waals surface area contributed by atoms with Crippen molar-refractivity contribution in [2.45, 2.75) is 115 Å². The lowest BCUT2D eigenvalue weighted by molar-refractivity contribution is -0.133. The molecule has 2 aliphatic carbocycles. The molecule has 1 amide bonds. The zero-order chi connectivity index (χ0) is 40.7. The number of carbonyl (C=O) groups is 4. The van der Waals surface area contributed by atoms with Crippen LogP contribution in [-0.4, -0.2) is 39.1 Å². The fraction of sp³-hybridized carbons (Fsp3) is 0.391. The molecular formula is C46H53NO8. The molecule has 0 radical (unpaired) electrons. The number of carboxylic acids is 2. The minimum atomic E-state index is -1.24. The van der Waals surface area contributed by atoms with E-state index in [2.05, 4.69) is 79.7 Å². The van der Waals surface area contributed by atoms with E-state index in [0.29, 0.717) is 5.56 Å². The Morgan fingerprint density at radius 3 is 1.60 bits per heavy atom. The standard InChI is InChI=1S/C23H27NO3.C23H26O5/c1-22(2)11-12-23(3,4)18-13-16(9-10-17(18)22)19(20(24)25)14-5-7-15(8-6-14)21(26)27;1-22(2)9-10-23(3,4)18-11-14(5-8-17(18)22)12-20(25)28-15-6-7-16(21(26)27)19(24)13-15/h5-10,13,19H,11-12H2,1-4H3,(H2,24,25)(H,26,27);5-8,11,13,24H,9-10,12H2,1-4H3,(H,26,27). The number of esters is 1. The first-order valence-corrected chi connectivity index (χ1v) is 18.7. The van der Waals surface area contributed by atoms with E-state index in [9.17, 15) is 24.3 Å². The van der Waals surface area contributed by atoms with E-state index < -0.39 is 35.5 Å². The molecule has 0 spiro atoms. The SMILES string of the molecule is CC1(C)CCC(C)(C)c2cc(C(C(N)=O)c3ccc(C(=O)O)cc3)ccc21.CC1(C)CCC(C)(C)c2cc(CC(=O)Oc3ccc(C(=O)O)c(O)c3)ccc21. The average Bonchev–Trinajstić information content (AvgIpc) is 3.09. The fourth-order valence-corrected chi connectivity index (χ4v) is 7.96. The molecule has 2 aliphatic rings. The Morgan fingerprint density at radius 1 is 0.618 bits per heavy atom. The lowest BCUT2D eigenvalue weighted by Gasteiger charge is -2.42. The van der Waals surface area contributed by atoms with E-state index in [1.165, 1.54) is 46.5 Å². The van der Waals surface area contributed by atoms with Crippen LogP contribution in [0.25, 0.3) is 0 Å². The molecule has 55 heavy (non-hydrogen) atoms. The minimum absolute atomic E-state index is 0.0379. The number of hydrogen-bond donors (Lipinski definition) is 4. The molecule has 5 N–H and O–H groups in total. The summed E-state index contributed by atoms with van der Waals surface area (Å²) in [5, 5.41) is 27.8. The van der Waals surface area contributed by atoms with Crippen LogP contribution < -0.4 is 10.5 Å². The van der Waals surface area contributed by atoms with E-state index in [4.69, 9.17) is 20.7 Å². The molecule has 0 aromatic heterocycles. The molecule has 0 fully saturated rings. The van der Waals surface area contributed by atoms with Crippen LogP contribution in [0, 0.1) is 0 Å². The van der Waals surface area contributed by atoms with Gasteiger partial charge in [-0.25, -0.2) is 9.59 Å². The molecule has 9 heteroatoms. The molecule has 0 heterocycles. The van der Waals surface area contributed by atoms with Crippen molar-refractivity contribution in [3.05, 3.63) is 129 Å². The Balaban J connectivity index is 0.000000211. The minimum Gasteiger partial charge on any atom is -0.507 e. The second-order valence-corrected chi connectivity index (χ2v) is 17.6. The third-order valence-corrected chi connectivity index (χ3v) is 11.7. The Morgan fingerprint density at radius 2 is 1.11 bits per heavy atom. The normalized spacial score (nSPS) is 17.6. The summed E-state index contributed by atoms with van der Waals surface area (Å²) in [6, 6.07) is 22.5. The van der Waals surface area contributed by atoms with Crippen molar-refractivity contribution < 1.29 is 39.2 Å². The maximum Gasteiger partial charge on any atom is 0.339 e. The quantitative estimate of drug-likeness (QED) is 0.103. The van der Waals surface area contributed by atoms with Crippen LogP contribution in [0.5, 0.6) is 11.5 Å². The first kappa shape index (κ1) is 40.7. The first-order valence-electron chi connectivity index (χ1n) is 18.7. The van der Waals surface area contributed by atoms with Gasteiger partial charge in [0.2, 0.25) is 5.91 Å². The van der Waals surface area contributed by atoms with Crippen LogP contribution in [0.3, 0.4) is 0 Å². The molecule has 290 valence electrons. The molecule has 0 saturated heterocycles. The Labute approximate surface area is 323 Å². The summed E-state index contributed by atoms with van der Waals surface area (Å²) in [4.78, 5) is 46.7. The highest BCUT2D eigenvalue weighted by atomic mass is 16.5. The lowest BCUT2D eigenvalue weighted by Crippen LogP contribution is -2.34. The molecule has 4 aromatic carbocycles. The Bertz CT molecular complexity index is 2140. The summed E-state index contributed by atoms with van der Waals surface area (Å²) in [5.41, 5.74) is 13.7. The van der Waals surface area contributed by atoms with Crippen molar-refractivity contribution in [3.63, 3.8) is 0 Å². The number of aromatic carboxylic acids is 2. The van der Waals surface area contributed by atoms with Crippen LogP contribution in [0.15, 0.2) is 78.9 Å². The van der Waals surface area contributed by atoms with Crippen molar-refractivity contribution in [2.75, 3.05) is 0 Å². The van der Waals surface area contributed by atoms with Gasteiger partial charge in [-0.15, -0.1) is 0 Å². The summed E-state index contributed by atoms with van der Waals surface area (Å²) in [6.45, 7) is 18.0. The molecule has 0 saturated carbocycles. The van der Waals surface area contributed by atoms with Gasteiger partial charge in [0.25, 0.3) is 0 Å². The number of hydrogen-bond acceptors (Lipinski definition) is 6. The first-order chi connectivity index (χ1) is 25.5. The van der Waals surface area contributed by atoms with E-state index in [-0.39, 0.29) is 45.0 Å². The van der Waals surface area contributed by atoms with Crippen molar-refractivity contribution >= 4 is 23.8 Å². The van der Waals surface area contributed by atoms with E-state index >= 15 is 0 Å². The van der Waals surface area contributed by atoms with Gasteiger partial charge in [0.15, 0.2) is 0 Å². The smallest absolute Gasteiger partial charge is 0.339 e. The third-order valence-electron chi connectivity index (χ3n) is 11.7. The average molecular weight is 748 g/mol. The predicted molar refractivity (Wildman–Crippen MR) is 212 cm³/mol. The van der Waals surface area contributed by atoms with Crippen LogP contribution >= 0.6 is 0 Å². The van der Waals surface area contributed by atoms with E-state index in [1.54, 1.807) is 12.1 Å². The Kier molecular flexibility index (Phi) is 11.1.